The molecule has 0 aromatic heterocycles. The zero-order valence-corrected chi connectivity index (χ0v) is 16.2. The number of rotatable bonds is 7. The minimum absolute atomic E-state index is 0.0609. The van der Waals surface area contributed by atoms with Gasteiger partial charge in [0, 0.05) is 26.1 Å². The Kier molecular flexibility index (Phi) is 5.79. The van der Waals surface area contributed by atoms with Crippen molar-refractivity contribution in [2.75, 3.05) is 29.9 Å². The Morgan fingerprint density at radius 2 is 1.67 bits per heavy atom. The molecular formula is C22H27N3O2. The van der Waals surface area contributed by atoms with Crippen molar-refractivity contribution in [3.63, 3.8) is 0 Å². The number of ketones is 1. The topological polar surface area (TPSA) is 52.7 Å². The predicted molar refractivity (Wildman–Crippen MR) is 109 cm³/mol. The summed E-state index contributed by atoms with van der Waals surface area (Å²) < 4.78 is 0. The number of hydrogen-bond acceptors (Lipinski definition) is 4. The van der Waals surface area contributed by atoms with Gasteiger partial charge in [-0.3, -0.25) is 9.59 Å². The number of amides is 1. The van der Waals surface area contributed by atoms with Crippen LogP contribution in [0.4, 0.5) is 11.4 Å². The van der Waals surface area contributed by atoms with E-state index < -0.39 is 5.91 Å². The average Bonchev–Trinajstić information content (AvgIpc) is 2.99. The number of anilines is 2. The van der Waals surface area contributed by atoms with E-state index in [1.54, 1.807) is 6.92 Å². The summed E-state index contributed by atoms with van der Waals surface area (Å²) in [5, 5.41) is 2.79. The molecule has 1 amide bonds. The quantitative estimate of drug-likeness (QED) is 0.765. The molecule has 2 aromatic rings. The molecule has 3 rings (SSSR count). The normalized spacial score (nSPS) is 16.8. The highest BCUT2D eigenvalue weighted by molar-refractivity contribution is 6.36. The molecule has 142 valence electrons. The van der Waals surface area contributed by atoms with Crippen molar-refractivity contribution in [1.29, 1.82) is 0 Å². The monoisotopic (exact) mass is 365 g/mol. The third-order valence-electron chi connectivity index (χ3n) is 5.25. The van der Waals surface area contributed by atoms with E-state index in [0.29, 0.717) is 19.5 Å². The maximum absolute atomic E-state index is 12.1. The molecule has 0 saturated heterocycles. The first-order valence-corrected chi connectivity index (χ1v) is 9.50. The van der Waals surface area contributed by atoms with Gasteiger partial charge in [-0.05, 0) is 24.1 Å². The summed E-state index contributed by atoms with van der Waals surface area (Å²) in [4.78, 5) is 28.6. The zero-order chi connectivity index (χ0) is 19.4. The van der Waals surface area contributed by atoms with E-state index in [0.717, 1.165) is 11.4 Å². The standard InChI is InChI=1S/C22H27N3O2/c1-4-16(2)20(26)21(27)23-14-15-25-19-13-9-8-12-18(19)24(3)22(25)17-10-6-5-7-11-17/h5-13,16,22H,4,14-15H2,1-3H3,(H,23,27)/t16-,22?/m1/s1. The van der Waals surface area contributed by atoms with Gasteiger partial charge in [-0.15, -0.1) is 0 Å². The third-order valence-corrected chi connectivity index (χ3v) is 5.25. The van der Waals surface area contributed by atoms with Crippen molar-refractivity contribution in [3.05, 3.63) is 60.2 Å². The van der Waals surface area contributed by atoms with Crippen molar-refractivity contribution in [1.82, 2.24) is 5.32 Å². The van der Waals surface area contributed by atoms with Gasteiger partial charge in [-0.1, -0.05) is 56.3 Å². The molecule has 0 aliphatic carbocycles. The summed E-state index contributed by atoms with van der Waals surface area (Å²) in [5.74, 6) is -1.06. The Hall–Kier alpha value is -2.82. The van der Waals surface area contributed by atoms with Crippen LogP contribution in [0.3, 0.4) is 0 Å². The molecule has 0 spiro atoms. The Morgan fingerprint density at radius 1 is 1.04 bits per heavy atom. The highest BCUT2D eigenvalue weighted by atomic mass is 16.2. The Morgan fingerprint density at radius 3 is 2.33 bits per heavy atom. The summed E-state index contributed by atoms with van der Waals surface area (Å²) in [6.07, 6.45) is 0.734. The van der Waals surface area contributed by atoms with Gasteiger partial charge in [0.05, 0.1) is 11.4 Å². The molecule has 1 heterocycles. The smallest absolute Gasteiger partial charge is 0.287 e. The Labute approximate surface area is 161 Å². The second-order valence-corrected chi connectivity index (χ2v) is 7.01. The van der Waals surface area contributed by atoms with Crippen LogP contribution in [0.15, 0.2) is 54.6 Å². The van der Waals surface area contributed by atoms with Crippen molar-refractivity contribution in [2.45, 2.75) is 26.4 Å². The van der Waals surface area contributed by atoms with Crippen LogP contribution >= 0.6 is 0 Å². The summed E-state index contributed by atoms with van der Waals surface area (Å²) >= 11 is 0. The van der Waals surface area contributed by atoms with Crippen molar-refractivity contribution < 1.29 is 9.59 Å². The van der Waals surface area contributed by atoms with Crippen LogP contribution in [0, 0.1) is 5.92 Å². The molecule has 1 unspecified atom stereocenters. The largest absolute Gasteiger partial charge is 0.349 e. The van der Waals surface area contributed by atoms with Crippen molar-refractivity contribution >= 4 is 23.1 Å². The van der Waals surface area contributed by atoms with E-state index in [9.17, 15) is 9.59 Å². The van der Waals surface area contributed by atoms with Crippen LogP contribution in [0.2, 0.25) is 0 Å². The number of hydrogen-bond donors (Lipinski definition) is 1. The van der Waals surface area contributed by atoms with Gasteiger partial charge in [0.2, 0.25) is 5.78 Å². The second-order valence-electron chi connectivity index (χ2n) is 7.01. The van der Waals surface area contributed by atoms with Crippen LogP contribution in [0.25, 0.3) is 0 Å². The molecule has 5 heteroatoms. The number of fused-ring (bicyclic) bond motifs is 1. The van der Waals surface area contributed by atoms with E-state index in [-0.39, 0.29) is 17.9 Å². The minimum Gasteiger partial charge on any atom is -0.349 e. The molecule has 0 saturated carbocycles. The van der Waals surface area contributed by atoms with Gasteiger partial charge in [-0.2, -0.15) is 0 Å². The molecule has 2 aromatic carbocycles. The SMILES string of the molecule is CC[C@@H](C)C(=O)C(=O)NCCN1c2ccccc2N(C)C1c1ccccc1. The fourth-order valence-corrected chi connectivity index (χ4v) is 3.54. The van der Waals surface area contributed by atoms with Crippen LogP contribution < -0.4 is 15.1 Å². The fourth-order valence-electron chi connectivity index (χ4n) is 3.54. The summed E-state index contributed by atoms with van der Waals surface area (Å²) in [5.41, 5.74) is 3.49. The highest BCUT2D eigenvalue weighted by Crippen LogP contribution is 2.44. The number of nitrogens with one attached hydrogen (secondary N) is 1. The number of Topliss-reactive ketones (excluding diaryl/α,β-unsaturated/α-hetero) is 1. The molecule has 27 heavy (non-hydrogen) atoms. The maximum Gasteiger partial charge on any atom is 0.287 e. The fraction of sp³-hybridized carbons (Fsp3) is 0.364. The zero-order valence-electron chi connectivity index (χ0n) is 16.2. The molecule has 0 radical (unpaired) electrons. The number of carbonyl (C=O) groups excluding carboxylic acids is 2. The van der Waals surface area contributed by atoms with Gasteiger partial charge < -0.3 is 15.1 Å². The van der Waals surface area contributed by atoms with Gasteiger partial charge in [-0.25, -0.2) is 0 Å². The van der Waals surface area contributed by atoms with Crippen LogP contribution in [0.1, 0.15) is 32.0 Å². The van der Waals surface area contributed by atoms with Crippen molar-refractivity contribution in [2.24, 2.45) is 5.92 Å². The van der Waals surface area contributed by atoms with E-state index >= 15 is 0 Å². The molecule has 5 nitrogen and oxygen atoms in total. The summed E-state index contributed by atoms with van der Waals surface area (Å²) in [7, 11) is 2.08. The number of para-hydroxylation sites is 2. The molecule has 1 N–H and O–H groups in total. The van der Waals surface area contributed by atoms with Gasteiger partial charge in [0.1, 0.15) is 6.17 Å². The first kappa shape index (κ1) is 19.0. The summed E-state index contributed by atoms with van der Waals surface area (Å²) in [6.45, 7) is 4.75. The molecule has 0 fully saturated rings. The lowest BCUT2D eigenvalue weighted by Crippen LogP contribution is -2.41. The van der Waals surface area contributed by atoms with Crippen LogP contribution in [0.5, 0.6) is 0 Å². The number of carbonyl (C=O) groups is 2. The lowest BCUT2D eigenvalue weighted by Gasteiger charge is -2.31. The maximum atomic E-state index is 12.1. The Bertz CT molecular complexity index is 806. The molecule has 0 bridgehead atoms. The van der Waals surface area contributed by atoms with E-state index in [1.165, 1.54) is 5.56 Å². The molecule has 2 atom stereocenters. The van der Waals surface area contributed by atoms with Crippen LogP contribution in [-0.4, -0.2) is 31.8 Å². The number of nitrogens with zero attached hydrogens (tertiary/aromatic N) is 2. The molecule has 1 aliphatic rings. The first-order valence-electron chi connectivity index (χ1n) is 9.50. The Balaban J connectivity index is 1.75. The van der Waals surface area contributed by atoms with Crippen LogP contribution in [-0.2, 0) is 9.59 Å². The number of benzene rings is 2. The lowest BCUT2D eigenvalue weighted by atomic mass is 10.0. The van der Waals surface area contributed by atoms with E-state index in [2.05, 4.69) is 46.4 Å². The van der Waals surface area contributed by atoms with Gasteiger partial charge >= 0.3 is 0 Å². The lowest BCUT2D eigenvalue weighted by molar-refractivity contribution is -0.139. The highest BCUT2D eigenvalue weighted by Gasteiger charge is 2.34. The van der Waals surface area contributed by atoms with Gasteiger partial charge in [0.25, 0.3) is 5.91 Å². The molecular weight excluding hydrogens is 338 g/mol. The molecule has 1 aliphatic heterocycles. The second kappa shape index (κ2) is 8.25. The first-order chi connectivity index (χ1) is 13.0. The summed E-state index contributed by atoms with van der Waals surface area (Å²) in [6, 6.07) is 18.6. The van der Waals surface area contributed by atoms with Gasteiger partial charge in [0.15, 0.2) is 0 Å². The van der Waals surface area contributed by atoms with Crippen molar-refractivity contribution in [3.8, 4) is 0 Å². The van der Waals surface area contributed by atoms with E-state index in [1.807, 2.05) is 37.3 Å². The van der Waals surface area contributed by atoms with E-state index in [4.69, 9.17) is 0 Å². The predicted octanol–water partition coefficient (Wildman–Crippen LogP) is 3.37. The average molecular weight is 365 g/mol. The third kappa shape index (κ3) is 3.82. The minimum atomic E-state index is -0.485.